The molecule has 4 amide bonds. The lowest BCUT2D eigenvalue weighted by molar-refractivity contribution is -0.115. The first-order valence-electron chi connectivity index (χ1n) is 8.03. The number of benzene rings is 2. The number of fused-ring (bicyclic) bond motifs is 2. The Hall–Kier alpha value is -3.32. The van der Waals surface area contributed by atoms with Crippen LogP contribution >= 0.6 is 11.6 Å². The molecule has 2 heterocycles. The minimum absolute atomic E-state index is 0.146. The van der Waals surface area contributed by atoms with Crippen molar-refractivity contribution < 1.29 is 24.0 Å². The van der Waals surface area contributed by atoms with Crippen LogP contribution in [0.25, 0.3) is 0 Å². The molecule has 0 fully saturated rings. The summed E-state index contributed by atoms with van der Waals surface area (Å²) in [4.78, 5) is 63.8. The van der Waals surface area contributed by atoms with Gasteiger partial charge in [0.15, 0.2) is 0 Å². The van der Waals surface area contributed by atoms with Crippen molar-refractivity contribution in [3.05, 3.63) is 70.8 Å². The standard InChI is InChI=1S/C19H11ClN2O5/c20-15(23)14(22-18(26)12-7-3-4-8-13(12)19(22)27)9-21-16(24)10-5-1-2-6-11(10)17(21)25/h1-8,14H,9H2. The number of amides is 4. The third-order valence-corrected chi connectivity index (χ3v) is 4.88. The van der Waals surface area contributed by atoms with Crippen LogP contribution in [0.1, 0.15) is 41.4 Å². The molecule has 2 aromatic carbocycles. The summed E-state index contributed by atoms with van der Waals surface area (Å²) in [7, 11) is 0. The Bertz CT molecular complexity index is 978. The SMILES string of the molecule is O=C(Cl)C(CN1C(=O)c2ccccc2C1=O)N1C(=O)c2ccccc2C1=O. The first-order valence-corrected chi connectivity index (χ1v) is 8.41. The minimum atomic E-state index is -1.47. The van der Waals surface area contributed by atoms with Gasteiger partial charge in [-0.1, -0.05) is 24.3 Å². The van der Waals surface area contributed by atoms with E-state index in [0.717, 1.165) is 4.90 Å². The molecule has 2 aliphatic rings. The van der Waals surface area contributed by atoms with E-state index in [2.05, 4.69) is 0 Å². The lowest BCUT2D eigenvalue weighted by Crippen LogP contribution is -2.51. The summed E-state index contributed by atoms with van der Waals surface area (Å²) in [6.45, 7) is -0.500. The van der Waals surface area contributed by atoms with Gasteiger partial charge in [0.2, 0.25) is 5.24 Å². The van der Waals surface area contributed by atoms with E-state index in [1.807, 2.05) is 0 Å². The molecule has 8 heteroatoms. The highest BCUT2D eigenvalue weighted by atomic mass is 35.5. The fourth-order valence-corrected chi connectivity index (χ4v) is 3.49. The number of halogens is 1. The number of nitrogens with zero attached hydrogens (tertiary/aromatic N) is 2. The molecule has 0 bridgehead atoms. The first-order chi connectivity index (χ1) is 12.9. The van der Waals surface area contributed by atoms with Crippen LogP contribution in [0.4, 0.5) is 0 Å². The highest BCUT2D eigenvalue weighted by molar-refractivity contribution is 6.65. The summed E-state index contributed by atoms with van der Waals surface area (Å²) in [6, 6.07) is 10.9. The first kappa shape index (κ1) is 17.1. The smallest absolute Gasteiger partial charge is 0.262 e. The quantitative estimate of drug-likeness (QED) is 0.593. The summed E-state index contributed by atoms with van der Waals surface area (Å²) < 4.78 is 0. The fourth-order valence-electron chi connectivity index (χ4n) is 3.32. The molecule has 0 aliphatic carbocycles. The summed E-state index contributed by atoms with van der Waals surface area (Å²) >= 11 is 5.65. The predicted octanol–water partition coefficient (Wildman–Crippen LogP) is 1.71. The lowest BCUT2D eigenvalue weighted by atomic mass is 10.1. The van der Waals surface area contributed by atoms with Crippen LogP contribution in [0, 0.1) is 0 Å². The van der Waals surface area contributed by atoms with Gasteiger partial charge in [0.1, 0.15) is 6.04 Å². The van der Waals surface area contributed by atoms with E-state index < -0.39 is 41.5 Å². The zero-order chi connectivity index (χ0) is 19.3. The van der Waals surface area contributed by atoms with E-state index in [4.69, 9.17) is 11.6 Å². The summed E-state index contributed by atoms with van der Waals surface area (Å²) in [5, 5.41) is -1.01. The van der Waals surface area contributed by atoms with Gasteiger partial charge in [0.25, 0.3) is 23.6 Å². The van der Waals surface area contributed by atoms with Crippen molar-refractivity contribution in [2.45, 2.75) is 6.04 Å². The zero-order valence-corrected chi connectivity index (χ0v) is 14.5. The highest BCUT2D eigenvalue weighted by Crippen LogP contribution is 2.28. The maximum atomic E-state index is 12.6. The Morgan fingerprint density at radius 2 is 1.11 bits per heavy atom. The Balaban J connectivity index is 1.67. The number of hydrogen-bond donors (Lipinski definition) is 0. The average molecular weight is 383 g/mol. The summed E-state index contributed by atoms with van der Waals surface area (Å²) in [6.07, 6.45) is 0. The number of carbonyl (C=O) groups is 5. The van der Waals surface area contributed by atoms with Crippen molar-refractivity contribution in [3.63, 3.8) is 0 Å². The van der Waals surface area contributed by atoms with Gasteiger partial charge in [-0.2, -0.15) is 0 Å². The monoisotopic (exact) mass is 382 g/mol. The molecule has 0 spiro atoms. The van der Waals surface area contributed by atoms with Crippen LogP contribution < -0.4 is 0 Å². The maximum absolute atomic E-state index is 12.6. The van der Waals surface area contributed by atoms with Crippen molar-refractivity contribution >= 4 is 40.5 Å². The largest absolute Gasteiger partial charge is 0.279 e. The molecule has 1 atom stereocenters. The van der Waals surface area contributed by atoms with E-state index in [-0.39, 0.29) is 22.3 Å². The highest BCUT2D eigenvalue weighted by Gasteiger charge is 2.45. The van der Waals surface area contributed by atoms with Gasteiger partial charge in [-0.3, -0.25) is 33.8 Å². The molecule has 2 aliphatic heterocycles. The third kappa shape index (κ3) is 2.47. The van der Waals surface area contributed by atoms with E-state index >= 15 is 0 Å². The number of carbonyl (C=O) groups excluding carboxylic acids is 5. The van der Waals surface area contributed by atoms with Crippen molar-refractivity contribution in [3.8, 4) is 0 Å². The molecule has 27 heavy (non-hydrogen) atoms. The van der Waals surface area contributed by atoms with Crippen LogP contribution in [0.5, 0.6) is 0 Å². The molecule has 4 rings (SSSR count). The van der Waals surface area contributed by atoms with E-state index in [0.29, 0.717) is 4.90 Å². The van der Waals surface area contributed by atoms with Gasteiger partial charge in [-0.25, -0.2) is 0 Å². The lowest BCUT2D eigenvalue weighted by Gasteiger charge is -2.26. The van der Waals surface area contributed by atoms with E-state index in [9.17, 15) is 24.0 Å². The van der Waals surface area contributed by atoms with Gasteiger partial charge in [0.05, 0.1) is 28.8 Å². The molecule has 2 aromatic rings. The van der Waals surface area contributed by atoms with Crippen LogP contribution in [0.3, 0.4) is 0 Å². The second-order valence-corrected chi connectivity index (χ2v) is 6.48. The van der Waals surface area contributed by atoms with Gasteiger partial charge in [-0.05, 0) is 35.9 Å². The van der Waals surface area contributed by atoms with Gasteiger partial charge < -0.3 is 0 Å². The van der Waals surface area contributed by atoms with Gasteiger partial charge >= 0.3 is 0 Å². The Kier molecular flexibility index (Phi) is 3.89. The maximum Gasteiger partial charge on any atom is 0.262 e. The zero-order valence-electron chi connectivity index (χ0n) is 13.7. The molecule has 0 N–H and O–H groups in total. The van der Waals surface area contributed by atoms with Crippen molar-refractivity contribution in [2.24, 2.45) is 0 Å². The predicted molar refractivity (Wildman–Crippen MR) is 93.4 cm³/mol. The van der Waals surface area contributed by atoms with Crippen molar-refractivity contribution in [1.29, 1.82) is 0 Å². The van der Waals surface area contributed by atoms with Crippen LogP contribution in [-0.4, -0.2) is 51.3 Å². The third-order valence-electron chi connectivity index (χ3n) is 4.63. The summed E-state index contributed by atoms with van der Waals surface area (Å²) in [5.74, 6) is -2.58. The minimum Gasteiger partial charge on any atom is -0.279 e. The Labute approximate surface area is 158 Å². The Morgan fingerprint density at radius 1 is 0.741 bits per heavy atom. The molecule has 0 aromatic heterocycles. The van der Waals surface area contributed by atoms with E-state index in [1.165, 1.54) is 24.3 Å². The fraction of sp³-hybridized carbons (Fsp3) is 0.105. The summed E-state index contributed by atoms with van der Waals surface area (Å²) in [5.41, 5.74) is 0.692. The average Bonchev–Trinajstić information content (AvgIpc) is 3.06. The topological polar surface area (TPSA) is 91.8 Å². The molecule has 0 radical (unpaired) electrons. The van der Waals surface area contributed by atoms with Crippen LogP contribution in [0.2, 0.25) is 0 Å². The van der Waals surface area contributed by atoms with Crippen LogP contribution in [-0.2, 0) is 4.79 Å². The number of rotatable bonds is 4. The number of hydrogen-bond acceptors (Lipinski definition) is 5. The molecule has 1 unspecified atom stereocenters. The molecule has 7 nitrogen and oxygen atoms in total. The second-order valence-electron chi connectivity index (χ2n) is 6.11. The van der Waals surface area contributed by atoms with Gasteiger partial charge in [0, 0.05) is 0 Å². The van der Waals surface area contributed by atoms with Crippen molar-refractivity contribution in [1.82, 2.24) is 9.80 Å². The van der Waals surface area contributed by atoms with Crippen LogP contribution in [0.15, 0.2) is 48.5 Å². The van der Waals surface area contributed by atoms with E-state index in [1.54, 1.807) is 24.3 Å². The second kappa shape index (κ2) is 6.14. The Morgan fingerprint density at radius 3 is 1.48 bits per heavy atom. The molecular formula is C19H11ClN2O5. The normalized spacial score (nSPS) is 16.6. The van der Waals surface area contributed by atoms with Gasteiger partial charge in [-0.15, -0.1) is 0 Å². The number of imide groups is 2. The van der Waals surface area contributed by atoms with Crippen molar-refractivity contribution in [2.75, 3.05) is 6.54 Å². The molecule has 134 valence electrons. The molecule has 0 saturated heterocycles. The molecule has 0 saturated carbocycles. The molecular weight excluding hydrogens is 372 g/mol.